The first-order chi connectivity index (χ1) is 6.74. The van der Waals surface area contributed by atoms with Gasteiger partial charge in [0.25, 0.3) is 0 Å². The Balaban J connectivity index is 2.49. The van der Waals surface area contributed by atoms with Gasteiger partial charge in [0.05, 0.1) is 4.75 Å². The zero-order valence-corrected chi connectivity index (χ0v) is 11.0. The number of hydrogen-bond donors (Lipinski definition) is 1. The first kappa shape index (κ1) is 13.0. The second-order valence-electron chi connectivity index (χ2n) is 5.43. The average molecular weight is 233 g/mol. The van der Waals surface area contributed by atoms with Crippen LogP contribution in [0.5, 0.6) is 0 Å². The predicted molar refractivity (Wildman–Crippen MR) is 63.7 cm³/mol. The SMILES string of the molecule is CC1CCCC1NCC(C)(C)S(C)(=O)=O. The third kappa shape index (κ3) is 3.18. The maximum atomic E-state index is 11.5. The molecule has 3 nitrogen and oxygen atoms in total. The van der Waals surface area contributed by atoms with Gasteiger partial charge in [-0.05, 0) is 32.6 Å². The van der Waals surface area contributed by atoms with Crippen LogP contribution in [0.15, 0.2) is 0 Å². The summed E-state index contributed by atoms with van der Waals surface area (Å²) in [6, 6.07) is 0.506. The fourth-order valence-corrected chi connectivity index (χ4v) is 2.30. The van der Waals surface area contributed by atoms with Crippen LogP contribution < -0.4 is 5.32 Å². The van der Waals surface area contributed by atoms with Gasteiger partial charge in [-0.3, -0.25) is 0 Å². The third-order valence-corrected chi connectivity index (χ3v) is 5.81. The number of sulfone groups is 1. The summed E-state index contributed by atoms with van der Waals surface area (Å²) in [5.74, 6) is 0.681. The number of rotatable bonds is 4. The van der Waals surface area contributed by atoms with Crippen LogP contribution in [0.4, 0.5) is 0 Å². The average Bonchev–Trinajstić information content (AvgIpc) is 2.46. The summed E-state index contributed by atoms with van der Waals surface area (Å²) >= 11 is 0. The molecule has 0 radical (unpaired) electrons. The van der Waals surface area contributed by atoms with E-state index in [1.54, 1.807) is 13.8 Å². The van der Waals surface area contributed by atoms with Gasteiger partial charge < -0.3 is 5.32 Å². The highest BCUT2D eigenvalue weighted by atomic mass is 32.2. The molecule has 2 atom stereocenters. The lowest BCUT2D eigenvalue weighted by atomic mass is 10.1. The van der Waals surface area contributed by atoms with E-state index in [9.17, 15) is 8.42 Å². The van der Waals surface area contributed by atoms with Crippen molar-refractivity contribution >= 4 is 9.84 Å². The molecule has 1 aliphatic carbocycles. The van der Waals surface area contributed by atoms with Gasteiger partial charge in [-0.25, -0.2) is 8.42 Å². The Morgan fingerprint density at radius 1 is 1.33 bits per heavy atom. The smallest absolute Gasteiger partial charge is 0.153 e. The first-order valence-corrected chi connectivity index (χ1v) is 7.56. The summed E-state index contributed by atoms with van der Waals surface area (Å²) in [7, 11) is -2.97. The molecule has 4 heteroatoms. The van der Waals surface area contributed by atoms with Gasteiger partial charge in [0.15, 0.2) is 9.84 Å². The lowest BCUT2D eigenvalue weighted by Gasteiger charge is -2.26. The van der Waals surface area contributed by atoms with E-state index in [1.165, 1.54) is 25.5 Å². The highest BCUT2D eigenvalue weighted by Crippen LogP contribution is 2.25. The molecule has 15 heavy (non-hydrogen) atoms. The van der Waals surface area contributed by atoms with Crippen LogP contribution in [-0.2, 0) is 9.84 Å². The van der Waals surface area contributed by atoms with Crippen molar-refractivity contribution in [3.05, 3.63) is 0 Å². The standard InChI is InChI=1S/C11H23NO2S/c1-9-6-5-7-10(9)12-8-11(2,3)15(4,13)14/h9-10,12H,5-8H2,1-4H3. The van der Waals surface area contributed by atoms with E-state index in [2.05, 4.69) is 12.2 Å². The van der Waals surface area contributed by atoms with Gasteiger partial charge in [0, 0.05) is 18.8 Å². The summed E-state index contributed by atoms with van der Waals surface area (Å²) < 4.78 is 22.3. The van der Waals surface area contributed by atoms with Crippen molar-refractivity contribution in [3.8, 4) is 0 Å². The third-order valence-electron chi connectivity index (χ3n) is 3.66. The van der Waals surface area contributed by atoms with Crippen molar-refractivity contribution in [3.63, 3.8) is 0 Å². The quantitative estimate of drug-likeness (QED) is 0.802. The molecule has 1 saturated carbocycles. The van der Waals surface area contributed by atoms with Crippen molar-refractivity contribution in [2.75, 3.05) is 12.8 Å². The molecule has 1 N–H and O–H groups in total. The van der Waals surface area contributed by atoms with E-state index < -0.39 is 14.6 Å². The molecule has 90 valence electrons. The Morgan fingerprint density at radius 2 is 1.93 bits per heavy atom. The van der Waals surface area contributed by atoms with Gasteiger partial charge in [-0.2, -0.15) is 0 Å². The molecule has 2 unspecified atom stereocenters. The lowest BCUT2D eigenvalue weighted by Crippen LogP contribution is -2.45. The monoisotopic (exact) mass is 233 g/mol. The summed E-state index contributed by atoms with van der Waals surface area (Å²) in [5, 5.41) is 3.40. The second-order valence-corrected chi connectivity index (χ2v) is 8.08. The molecule has 0 heterocycles. The van der Waals surface area contributed by atoms with Crippen LogP contribution in [0.1, 0.15) is 40.0 Å². The Hall–Kier alpha value is -0.0900. The molecule has 0 aromatic rings. The fraction of sp³-hybridized carbons (Fsp3) is 1.00. The minimum absolute atomic E-state index is 0.506. The van der Waals surface area contributed by atoms with Crippen molar-refractivity contribution in [2.24, 2.45) is 5.92 Å². The predicted octanol–water partition coefficient (Wildman–Crippen LogP) is 1.59. The van der Waals surface area contributed by atoms with Crippen LogP contribution in [0.2, 0.25) is 0 Å². The van der Waals surface area contributed by atoms with Crippen LogP contribution >= 0.6 is 0 Å². The minimum atomic E-state index is -2.97. The Labute approximate surface area is 93.6 Å². The largest absolute Gasteiger partial charge is 0.312 e. The first-order valence-electron chi connectivity index (χ1n) is 5.67. The molecule has 0 aliphatic heterocycles. The van der Waals surface area contributed by atoms with E-state index in [0.717, 1.165) is 0 Å². The Morgan fingerprint density at radius 3 is 2.33 bits per heavy atom. The van der Waals surface area contributed by atoms with Gasteiger partial charge in [-0.1, -0.05) is 13.3 Å². The minimum Gasteiger partial charge on any atom is -0.312 e. The molecule has 0 bridgehead atoms. The molecular weight excluding hydrogens is 210 g/mol. The van der Waals surface area contributed by atoms with Gasteiger partial charge in [-0.15, -0.1) is 0 Å². The summed E-state index contributed by atoms with van der Waals surface area (Å²) in [4.78, 5) is 0. The maximum Gasteiger partial charge on any atom is 0.153 e. The summed E-state index contributed by atoms with van der Waals surface area (Å²) in [6.45, 7) is 6.36. The summed E-state index contributed by atoms with van der Waals surface area (Å²) in [5.41, 5.74) is 0. The van der Waals surface area contributed by atoms with Crippen molar-refractivity contribution in [1.29, 1.82) is 0 Å². The molecule has 1 rings (SSSR count). The highest BCUT2D eigenvalue weighted by molar-refractivity contribution is 7.92. The lowest BCUT2D eigenvalue weighted by molar-refractivity contribution is 0.404. The Kier molecular flexibility index (Phi) is 3.82. The molecule has 0 saturated heterocycles. The van der Waals surface area contributed by atoms with Gasteiger partial charge in [0.1, 0.15) is 0 Å². The normalized spacial score (nSPS) is 28.3. The molecule has 0 aromatic heterocycles. The molecule has 1 aliphatic rings. The zero-order valence-electron chi connectivity index (χ0n) is 10.2. The van der Waals surface area contributed by atoms with Crippen LogP contribution in [-0.4, -0.2) is 32.0 Å². The van der Waals surface area contributed by atoms with Crippen LogP contribution in [0, 0.1) is 5.92 Å². The van der Waals surface area contributed by atoms with Gasteiger partial charge >= 0.3 is 0 Å². The van der Waals surface area contributed by atoms with E-state index in [1.807, 2.05) is 0 Å². The van der Waals surface area contributed by atoms with E-state index in [0.29, 0.717) is 18.5 Å². The number of nitrogens with one attached hydrogen (secondary N) is 1. The maximum absolute atomic E-state index is 11.5. The van der Waals surface area contributed by atoms with Crippen LogP contribution in [0.3, 0.4) is 0 Å². The van der Waals surface area contributed by atoms with Crippen molar-refractivity contribution in [2.45, 2.75) is 50.8 Å². The molecule has 1 fully saturated rings. The van der Waals surface area contributed by atoms with E-state index in [-0.39, 0.29) is 0 Å². The topological polar surface area (TPSA) is 46.2 Å². The van der Waals surface area contributed by atoms with E-state index in [4.69, 9.17) is 0 Å². The number of hydrogen-bond acceptors (Lipinski definition) is 3. The van der Waals surface area contributed by atoms with Gasteiger partial charge in [0.2, 0.25) is 0 Å². The molecule has 0 aromatic carbocycles. The van der Waals surface area contributed by atoms with E-state index >= 15 is 0 Å². The molecule has 0 spiro atoms. The second kappa shape index (κ2) is 4.42. The fourth-order valence-electron chi connectivity index (χ4n) is 1.96. The highest BCUT2D eigenvalue weighted by Gasteiger charge is 2.32. The zero-order chi connectivity index (χ0) is 11.7. The van der Waals surface area contributed by atoms with Crippen molar-refractivity contribution < 1.29 is 8.42 Å². The van der Waals surface area contributed by atoms with Crippen LogP contribution in [0.25, 0.3) is 0 Å². The Bertz CT molecular complexity index is 309. The molecule has 0 amide bonds. The summed E-state index contributed by atoms with van der Waals surface area (Å²) in [6.07, 6.45) is 5.02. The molecular formula is C11H23NO2S. The van der Waals surface area contributed by atoms with Crippen molar-refractivity contribution in [1.82, 2.24) is 5.32 Å².